The number of rotatable bonds is 13. The molecule has 0 aromatic rings. The largest absolute Gasteiger partial charge is 0.394 e. The van der Waals surface area contributed by atoms with Gasteiger partial charge in [0, 0.05) is 13.0 Å². The zero-order chi connectivity index (χ0) is 15.3. The van der Waals surface area contributed by atoms with E-state index >= 15 is 0 Å². The van der Waals surface area contributed by atoms with E-state index in [9.17, 15) is 0 Å². The van der Waals surface area contributed by atoms with Crippen molar-refractivity contribution in [2.75, 3.05) is 19.8 Å². The van der Waals surface area contributed by atoms with Gasteiger partial charge in [0.2, 0.25) is 0 Å². The molecule has 1 N–H and O–H groups in total. The van der Waals surface area contributed by atoms with Gasteiger partial charge < -0.3 is 19.3 Å². The second-order valence-electron chi connectivity index (χ2n) is 6.10. The molecule has 126 valence electrons. The average Bonchev–Trinajstić information content (AvgIpc) is 2.93. The molecule has 0 aliphatic carbocycles. The Morgan fingerprint density at radius 3 is 2.38 bits per heavy atom. The van der Waals surface area contributed by atoms with E-state index in [4.69, 9.17) is 19.3 Å². The van der Waals surface area contributed by atoms with Crippen molar-refractivity contribution in [3.63, 3.8) is 0 Å². The van der Waals surface area contributed by atoms with Gasteiger partial charge in [-0.05, 0) is 13.3 Å². The minimum atomic E-state index is -0.212. The third-order valence-corrected chi connectivity index (χ3v) is 3.94. The van der Waals surface area contributed by atoms with Gasteiger partial charge in [0.05, 0.1) is 19.3 Å². The number of hydrogen-bond donors (Lipinski definition) is 1. The molecule has 1 rings (SSSR count). The summed E-state index contributed by atoms with van der Waals surface area (Å²) in [6.45, 7) is 5.66. The van der Waals surface area contributed by atoms with Crippen LogP contribution in [0.4, 0.5) is 0 Å². The highest BCUT2D eigenvalue weighted by Crippen LogP contribution is 2.17. The minimum Gasteiger partial charge on any atom is -0.394 e. The van der Waals surface area contributed by atoms with Crippen LogP contribution in [0.3, 0.4) is 0 Å². The van der Waals surface area contributed by atoms with Gasteiger partial charge in [0.1, 0.15) is 6.10 Å². The predicted molar refractivity (Wildman–Crippen MR) is 84.3 cm³/mol. The molecular weight excluding hydrogens is 268 g/mol. The summed E-state index contributed by atoms with van der Waals surface area (Å²) in [7, 11) is 0. The quantitative estimate of drug-likeness (QED) is 0.528. The van der Waals surface area contributed by atoms with E-state index < -0.39 is 0 Å². The van der Waals surface area contributed by atoms with Crippen molar-refractivity contribution >= 4 is 0 Å². The van der Waals surface area contributed by atoms with Gasteiger partial charge in [-0.3, -0.25) is 0 Å². The lowest BCUT2D eigenvalue weighted by molar-refractivity contribution is -0.0959. The Hall–Kier alpha value is -0.160. The first kappa shape index (κ1) is 18.9. The SMILES string of the molecule is CCCCCCCCCCOC(C)C[C@H]1OC[C@H](CO)O1. The Labute approximate surface area is 130 Å². The van der Waals surface area contributed by atoms with Gasteiger partial charge >= 0.3 is 0 Å². The molecule has 1 unspecified atom stereocenters. The van der Waals surface area contributed by atoms with Gasteiger partial charge in [-0.1, -0.05) is 51.9 Å². The van der Waals surface area contributed by atoms with Crippen LogP contribution >= 0.6 is 0 Å². The van der Waals surface area contributed by atoms with Crippen molar-refractivity contribution in [2.45, 2.75) is 90.1 Å². The van der Waals surface area contributed by atoms with Gasteiger partial charge in [0.25, 0.3) is 0 Å². The summed E-state index contributed by atoms with van der Waals surface area (Å²) in [5, 5.41) is 8.97. The molecule has 1 heterocycles. The van der Waals surface area contributed by atoms with Crippen LogP contribution in [-0.2, 0) is 14.2 Å². The van der Waals surface area contributed by atoms with Crippen LogP contribution in [0.1, 0.15) is 71.6 Å². The fourth-order valence-corrected chi connectivity index (χ4v) is 2.59. The van der Waals surface area contributed by atoms with Crippen LogP contribution in [0.5, 0.6) is 0 Å². The Bertz CT molecular complexity index is 235. The number of unbranched alkanes of at least 4 members (excludes halogenated alkanes) is 7. The van der Waals surface area contributed by atoms with Gasteiger partial charge in [-0.25, -0.2) is 0 Å². The van der Waals surface area contributed by atoms with Gasteiger partial charge in [0.15, 0.2) is 6.29 Å². The number of hydrogen-bond acceptors (Lipinski definition) is 4. The van der Waals surface area contributed by atoms with Crippen LogP contribution < -0.4 is 0 Å². The Kier molecular flexibility index (Phi) is 11.1. The van der Waals surface area contributed by atoms with Crippen molar-refractivity contribution in [1.82, 2.24) is 0 Å². The lowest BCUT2D eigenvalue weighted by atomic mass is 10.1. The molecular formula is C17H34O4. The highest BCUT2D eigenvalue weighted by atomic mass is 16.7. The van der Waals surface area contributed by atoms with Crippen LogP contribution in [0, 0.1) is 0 Å². The van der Waals surface area contributed by atoms with E-state index in [1.165, 1.54) is 44.9 Å². The smallest absolute Gasteiger partial charge is 0.160 e. The predicted octanol–water partition coefficient (Wildman–Crippen LogP) is 3.66. The average molecular weight is 302 g/mol. The fourth-order valence-electron chi connectivity index (χ4n) is 2.59. The molecule has 1 saturated heterocycles. The fraction of sp³-hybridized carbons (Fsp3) is 1.00. The maximum absolute atomic E-state index is 8.97. The van der Waals surface area contributed by atoms with Crippen LogP contribution in [-0.4, -0.2) is 43.4 Å². The number of ether oxygens (including phenoxy) is 3. The molecule has 0 spiro atoms. The summed E-state index contributed by atoms with van der Waals surface area (Å²) in [4.78, 5) is 0. The molecule has 3 atom stereocenters. The summed E-state index contributed by atoms with van der Waals surface area (Å²) < 4.78 is 16.8. The van der Waals surface area contributed by atoms with Crippen molar-refractivity contribution in [3.05, 3.63) is 0 Å². The molecule has 0 radical (unpaired) electrons. The molecule has 0 saturated carbocycles. The zero-order valence-electron chi connectivity index (χ0n) is 13.9. The molecule has 1 aliphatic heterocycles. The Morgan fingerprint density at radius 2 is 1.76 bits per heavy atom. The van der Waals surface area contributed by atoms with Crippen molar-refractivity contribution in [2.24, 2.45) is 0 Å². The zero-order valence-corrected chi connectivity index (χ0v) is 13.9. The van der Waals surface area contributed by atoms with Crippen LogP contribution in [0.2, 0.25) is 0 Å². The Morgan fingerprint density at radius 1 is 1.10 bits per heavy atom. The van der Waals surface area contributed by atoms with Crippen molar-refractivity contribution in [1.29, 1.82) is 0 Å². The second kappa shape index (κ2) is 12.4. The molecule has 1 fully saturated rings. The third kappa shape index (κ3) is 9.46. The monoisotopic (exact) mass is 302 g/mol. The number of aliphatic hydroxyl groups is 1. The molecule has 0 aromatic heterocycles. The highest BCUT2D eigenvalue weighted by molar-refractivity contribution is 4.66. The standard InChI is InChI=1S/C17H34O4/c1-3-4-5-6-7-8-9-10-11-19-15(2)12-17-20-14-16(13-18)21-17/h15-18H,3-14H2,1-2H3/t15?,16-,17-/m0/s1. The number of aliphatic hydroxyl groups excluding tert-OH is 1. The van der Waals surface area contributed by atoms with E-state index in [0.29, 0.717) is 6.61 Å². The molecule has 4 nitrogen and oxygen atoms in total. The van der Waals surface area contributed by atoms with E-state index in [1.807, 2.05) is 0 Å². The highest BCUT2D eigenvalue weighted by Gasteiger charge is 2.26. The molecule has 0 amide bonds. The first-order chi connectivity index (χ1) is 10.3. The molecule has 4 heteroatoms. The maximum atomic E-state index is 8.97. The third-order valence-electron chi connectivity index (χ3n) is 3.94. The maximum Gasteiger partial charge on any atom is 0.160 e. The van der Waals surface area contributed by atoms with Crippen molar-refractivity contribution < 1.29 is 19.3 Å². The first-order valence-electron chi connectivity index (χ1n) is 8.75. The summed E-state index contributed by atoms with van der Waals surface area (Å²) in [5.41, 5.74) is 0. The van der Waals surface area contributed by atoms with E-state index in [-0.39, 0.29) is 25.1 Å². The van der Waals surface area contributed by atoms with E-state index in [1.54, 1.807) is 0 Å². The van der Waals surface area contributed by atoms with Crippen molar-refractivity contribution in [3.8, 4) is 0 Å². The summed E-state index contributed by atoms with van der Waals surface area (Å²) in [5.74, 6) is 0. The lowest BCUT2D eigenvalue weighted by Gasteiger charge is -2.17. The molecule has 21 heavy (non-hydrogen) atoms. The lowest BCUT2D eigenvalue weighted by Crippen LogP contribution is -2.21. The van der Waals surface area contributed by atoms with E-state index in [0.717, 1.165) is 19.4 Å². The Balaban J connectivity index is 1.86. The van der Waals surface area contributed by atoms with Gasteiger partial charge in [-0.15, -0.1) is 0 Å². The normalized spacial score (nSPS) is 23.6. The summed E-state index contributed by atoms with van der Waals surface area (Å²) in [6.07, 6.45) is 11.1. The van der Waals surface area contributed by atoms with Crippen LogP contribution in [0.25, 0.3) is 0 Å². The van der Waals surface area contributed by atoms with Gasteiger partial charge in [-0.2, -0.15) is 0 Å². The molecule has 0 bridgehead atoms. The summed E-state index contributed by atoms with van der Waals surface area (Å²) >= 11 is 0. The van der Waals surface area contributed by atoms with E-state index in [2.05, 4.69) is 13.8 Å². The first-order valence-corrected chi connectivity index (χ1v) is 8.75. The topological polar surface area (TPSA) is 47.9 Å². The summed E-state index contributed by atoms with van der Waals surface area (Å²) in [6, 6.07) is 0. The second-order valence-corrected chi connectivity index (χ2v) is 6.10. The molecule has 1 aliphatic rings. The molecule has 0 aromatic carbocycles. The minimum absolute atomic E-state index is 0.0317. The van der Waals surface area contributed by atoms with Crippen LogP contribution in [0.15, 0.2) is 0 Å².